The number of halogens is 1. The average Bonchev–Trinajstić information content (AvgIpc) is 2.62. The maximum atomic E-state index is 12.1. The molecule has 2 aromatic carbocycles. The van der Waals surface area contributed by atoms with Crippen molar-refractivity contribution in [2.75, 3.05) is 18.5 Å². The van der Waals surface area contributed by atoms with Gasteiger partial charge in [0.15, 0.2) is 6.61 Å². The molecule has 0 radical (unpaired) electrons. The molecule has 0 heterocycles. The molecule has 0 saturated carbocycles. The zero-order valence-corrected chi connectivity index (χ0v) is 15.8. The summed E-state index contributed by atoms with van der Waals surface area (Å²) in [4.78, 5) is 23.9. The van der Waals surface area contributed by atoms with E-state index in [1.165, 1.54) is 17.7 Å². The molecular weight excluding hydrogens is 354 g/mol. The van der Waals surface area contributed by atoms with E-state index in [1.54, 1.807) is 13.0 Å². The van der Waals surface area contributed by atoms with Crippen molar-refractivity contribution in [2.45, 2.75) is 26.7 Å². The SMILES string of the molecule is CCOC(=O)c1cc(NC(=O)COc2ccc(C(C)C)cc2)ccc1Cl. The minimum absolute atomic E-state index is 0.140. The number of anilines is 1. The summed E-state index contributed by atoms with van der Waals surface area (Å²) in [5.74, 6) is 0.184. The fourth-order valence-electron chi connectivity index (χ4n) is 2.26. The lowest BCUT2D eigenvalue weighted by Crippen LogP contribution is -2.20. The molecule has 0 spiro atoms. The third kappa shape index (κ3) is 5.49. The fourth-order valence-corrected chi connectivity index (χ4v) is 2.46. The standard InChI is InChI=1S/C20H22ClNO4/c1-4-25-20(24)17-11-15(7-10-18(17)21)22-19(23)12-26-16-8-5-14(6-9-16)13(2)3/h5-11,13H,4,12H2,1-3H3,(H,22,23). The predicted molar refractivity (Wildman–Crippen MR) is 102 cm³/mol. The van der Waals surface area contributed by atoms with E-state index < -0.39 is 5.97 Å². The molecule has 138 valence electrons. The zero-order chi connectivity index (χ0) is 19.1. The van der Waals surface area contributed by atoms with Crippen LogP contribution in [-0.4, -0.2) is 25.1 Å². The molecule has 0 bridgehead atoms. The highest BCUT2D eigenvalue weighted by molar-refractivity contribution is 6.33. The number of carbonyl (C=O) groups excluding carboxylic acids is 2. The van der Waals surface area contributed by atoms with Gasteiger partial charge in [-0.2, -0.15) is 0 Å². The molecule has 2 aromatic rings. The molecule has 2 rings (SSSR count). The highest BCUT2D eigenvalue weighted by Crippen LogP contribution is 2.22. The number of nitrogens with one attached hydrogen (secondary N) is 1. The summed E-state index contributed by atoms with van der Waals surface area (Å²) in [7, 11) is 0. The summed E-state index contributed by atoms with van der Waals surface area (Å²) >= 11 is 6.00. The Bertz CT molecular complexity index is 772. The third-order valence-corrected chi connectivity index (χ3v) is 3.99. The van der Waals surface area contributed by atoms with Crippen molar-refractivity contribution >= 4 is 29.2 Å². The Balaban J connectivity index is 1.95. The van der Waals surface area contributed by atoms with Crippen molar-refractivity contribution in [3.05, 3.63) is 58.6 Å². The summed E-state index contributed by atoms with van der Waals surface area (Å²) in [6.45, 7) is 6.04. The minimum atomic E-state index is -0.532. The van der Waals surface area contributed by atoms with Gasteiger partial charge in [-0.25, -0.2) is 4.79 Å². The number of carbonyl (C=O) groups is 2. The minimum Gasteiger partial charge on any atom is -0.484 e. The van der Waals surface area contributed by atoms with Crippen LogP contribution < -0.4 is 10.1 Å². The summed E-state index contributed by atoms with van der Waals surface area (Å²) in [6.07, 6.45) is 0. The van der Waals surface area contributed by atoms with Gasteiger partial charge >= 0.3 is 5.97 Å². The smallest absolute Gasteiger partial charge is 0.339 e. The lowest BCUT2D eigenvalue weighted by atomic mass is 10.0. The van der Waals surface area contributed by atoms with E-state index >= 15 is 0 Å². The molecule has 1 N–H and O–H groups in total. The summed E-state index contributed by atoms with van der Waals surface area (Å²) in [5.41, 5.74) is 1.85. The number of hydrogen-bond acceptors (Lipinski definition) is 4. The van der Waals surface area contributed by atoms with Gasteiger partial charge < -0.3 is 14.8 Å². The topological polar surface area (TPSA) is 64.6 Å². The molecule has 0 aliphatic heterocycles. The lowest BCUT2D eigenvalue weighted by molar-refractivity contribution is -0.118. The van der Waals surface area contributed by atoms with E-state index in [0.717, 1.165) is 0 Å². The summed E-state index contributed by atoms with van der Waals surface area (Å²) in [6, 6.07) is 12.3. The molecule has 0 aliphatic carbocycles. The van der Waals surface area contributed by atoms with Crippen molar-refractivity contribution in [3.8, 4) is 5.75 Å². The van der Waals surface area contributed by atoms with Gasteiger partial charge in [0.1, 0.15) is 5.75 Å². The number of rotatable bonds is 7. The van der Waals surface area contributed by atoms with Crippen LogP contribution >= 0.6 is 11.6 Å². The Morgan fingerprint density at radius 3 is 2.42 bits per heavy atom. The van der Waals surface area contributed by atoms with Crippen molar-refractivity contribution in [2.24, 2.45) is 0 Å². The first kappa shape index (κ1) is 19.8. The molecular formula is C20H22ClNO4. The normalized spacial score (nSPS) is 10.5. The Morgan fingerprint density at radius 2 is 1.81 bits per heavy atom. The molecule has 5 nitrogen and oxygen atoms in total. The number of esters is 1. The van der Waals surface area contributed by atoms with Crippen molar-refractivity contribution in [1.82, 2.24) is 0 Å². The van der Waals surface area contributed by atoms with E-state index in [-0.39, 0.29) is 29.7 Å². The molecule has 0 aromatic heterocycles. The van der Waals surface area contributed by atoms with Crippen molar-refractivity contribution in [1.29, 1.82) is 0 Å². The average molecular weight is 376 g/mol. The second-order valence-corrected chi connectivity index (χ2v) is 6.38. The van der Waals surface area contributed by atoms with Crippen molar-refractivity contribution in [3.63, 3.8) is 0 Å². The van der Waals surface area contributed by atoms with Crippen LogP contribution in [0.5, 0.6) is 5.75 Å². The molecule has 0 atom stereocenters. The van der Waals surface area contributed by atoms with E-state index in [0.29, 0.717) is 17.4 Å². The lowest BCUT2D eigenvalue weighted by Gasteiger charge is -2.11. The summed E-state index contributed by atoms with van der Waals surface area (Å²) in [5, 5.41) is 2.94. The number of hydrogen-bond donors (Lipinski definition) is 1. The van der Waals surface area contributed by atoms with E-state index in [2.05, 4.69) is 19.2 Å². The first-order chi connectivity index (χ1) is 12.4. The van der Waals surface area contributed by atoms with Gasteiger partial charge in [-0.1, -0.05) is 37.6 Å². The van der Waals surface area contributed by atoms with E-state index in [9.17, 15) is 9.59 Å². The van der Waals surface area contributed by atoms with Gasteiger partial charge in [0.2, 0.25) is 0 Å². The van der Waals surface area contributed by atoms with Crippen LogP contribution in [-0.2, 0) is 9.53 Å². The monoisotopic (exact) mass is 375 g/mol. The van der Waals surface area contributed by atoms with Gasteiger partial charge in [0.25, 0.3) is 5.91 Å². The van der Waals surface area contributed by atoms with Crippen LogP contribution in [0.25, 0.3) is 0 Å². The van der Waals surface area contributed by atoms with E-state index in [1.807, 2.05) is 24.3 Å². The Hall–Kier alpha value is -2.53. The van der Waals surface area contributed by atoms with Crippen LogP contribution in [0.3, 0.4) is 0 Å². The van der Waals surface area contributed by atoms with Crippen molar-refractivity contribution < 1.29 is 19.1 Å². The molecule has 0 fully saturated rings. The van der Waals surface area contributed by atoms with Gasteiger partial charge in [-0.3, -0.25) is 4.79 Å². The van der Waals surface area contributed by atoms with E-state index in [4.69, 9.17) is 21.1 Å². The van der Waals surface area contributed by atoms with Crippen LogP contribution in [0.4, 0.5) is 5.69 Å². The maximum Gasteiger partial charge on any atom is 0.339 e. The summed E-state index contributed by atoms with van der Waals surface area (Å²) < 4.78 is 10.4. The number of benzene rings is 2. The highest BCUT2D eigenvalue weighted by Gasteiger charge is 2.13. The number of ether oxygens (including phenoxy) is 2. The second kappa shape index (κ2) is 9.25. The Kier molecular flexibility index (Phi) is 7.04. The largest absolute Gasteiger partial charge is 0.484 e. The second-order valence-electron chi connectivity index (χ2n) is 5.98. The molecule has 26 heavy (non-hydrogen) atoms. The first-order valence-corrected chi connectivity index (χ1v) is 8.77. The van der Waals surface area contributed by atoms with Gasteiger partial charge in [0, 0.05) is 5.69 Å². The maximum absolute atomic E-state index is 12.1. The molecule has 0 unspecified atom stereocenters. The van der Waals surface area contributed by atoms with Gasteiger partial charge in [-0.05, 0) is 48.7 Å². The van der Waals surface area contributed by atoms with Crippen LogP contribution in [0.2, 0.25) is 5.02 Å². The molecule has 1 amide bonds. The first-order valence-electron chi connectivity index (χ1n) is 8.40. The van der Waals surface area contributed by atoms with Crippen LogP contribution in [0, 0.1) is 0 Å². The zero-order valence-electron chi connectivity index (χ0n) is 15.0. The molecule has 0 saturated heterocycles. The van der Waals surface area contributed by atoms with Gasteiger partial charge in [0.05, 0.1) is 17.2 Å². The van der Waals surface area contributed by atoms with Crippen LogP contribution in [0.1, 0.15) is 42.6 Å². The van der Waals surface area contributed by atoms with Crippen LogP contribution in [0.15, 0.2) is 42.5 Å². The third-order valence-electron chi connectivity index (χ3n) is 3.66. The van der Waals surface area contributed by atoms with Gasteiger partial charge in [-0.15, -0.1) is 0 Å². The number of amides is 1. The molecule has 0 aliphatic rings. The molecule has 6 heteroatoms. The highest BCUT2D eigenvalue weighted by atomic mass is 35.5. The fraction of sp³-hybridized carbons (Fsp3) is 0.300. The Morgan fingerprint density at radius 1 is 1.12 bits per heavy atom. The quantitative estimate of drug-likeness (QED) is 0.715. The Labute approximate surface area is 158 Å². The predicted octanol–water partition coefficient (Wildman–Crippen LogP) is 4.66.